The van der Waals surface area contributed by atoms with Crippen LogP contribution in [0, 0.1) is 0 Å². The standard InChI is InChI=1S/C21H20F2N2O6/c1-21(13-5-7-14(8-6-13)31-19(22)23)18(27)25(20(28)24-21)11-15(26)12-4-9-16(29-2)17(10-12)30-3/h4-10,19H,11H2,1-3H3,(H,24,28). The second-order valence-electron chi connectivity index (χ2n) is 6.84. The zero-order valence-electron chi connectivity index (χ0n) is 17.0. The Bertz CT molecular complexity index is 1010. The Morgan fingerprint density at radius 1 is 1.06 bits per heavy atom. The predicted molar refractivity (Wildman–Crippen MR) is 105 cm³/mol. The summed E-state index contributed by atoms with van der Waals surface area (Å²) in [6, 6.07) is 9.10. The molecule has 1 saturated heterocycles. The topological polar surface area (TPSA) is 94.2 Å². The van der Waals surface area contributed by atoms with Crippen molar-refractivity contribution in [3.8, 4) is 17.2 Å². The van der Waals surface area contributed by atoms with Crippen LogP contribution in [-0.4, -0.2) is 50.0 Å². The predicted octanol–water partition coefficient (Wildman–Crippen LogP) is 2.96. The van der Waals surface area contributed by atoms with Gasteiger partial charge in [-0.1, -0.05) is 12.1 Å². The molecule has 1 atom stereocenters. The molecule has 1 heterocycles. The fourth-order valence-electron chi connectivity index (χ4n) is 3.25. The normalized spacial score (nSPS) is 18.2. The number of methoxy groups -OCH3 is 2. The van der Waals surface area contributed by atoms with Gasteiger partial charge < -0.3 is 19.5 Å². The van der Waals surface area contributed by atoms with Crippen LogP contribution in [0.4, 0.5) is 13.6 Å². The largest absolute Gasteiger partial charge is 0.493 e. The molecule has 0 aliphatic carbocycles. The van der Waals surface area contributed by atoms with Crippen LogP contribution in [0.5, 0.6) is 17.2 Å². The third kappa shape index (κ3) is 4.27. The van der Waals surface area contributed by atoms with Crippen LogP contribution < -0.4 is 19.5 Å². The Morgan fingerprint density at radius 3 is 2.29 bits per heavy atom. The molecular weight excluding hydrogens is 414 g/mol. The molecular formula is C21H20F2N2O6. The molecule has 3 amide bonds. The number of halogens is 2. The van der Waals surface area contributed by atoms with Crippen LogP contribution in [-0.2, 0) is 10.3 Å². The number of urea groups is 1. The quantitative estimate of drug-likeness (QED) is 0.507. The van der Waals surface area contributed by atoms with Gasteiger partial charge in [0.2, 0.25) is 0 Å². The molecule has 0 aromatic heterocycles. The number of Topliss-reactive ketones (excluding diaryl/α,β-unsaturated/α-hetero) is 1. The summed E-state index contributed by atoms with van der Waals surface area (Å²) in [5.74, 6) is -0.440. The van der Waals surface area contributed by atoms with Crippen LogP contribution in [0.15, 0.2) is 42.5 Å². The average molecular weight is 434 g/mol. The Labute approximate surface area is 176 Å². The van der Waals surface area contributed by atoms with Crippen molar-refractivity contribution in [1.29, 1.82) is 0 Å². The second kappa shape index (κ2) is 8.58. The fourth-order valence-corrected chi connectivity index (χ4v) is 3.25. The molecule has 2 aromatic rings. The average Bonchev–Trinajstić information content (AvgIpc) is 2.97. The van der Waals surface area contributed by atoms with E-state index in [1.165, 1.54) is 57.5 Å². The number of ketones is 1. The molecule has 0 radical (unpaired) electrons. The van der Waals surface area contributed by atoms with E-state index < -0.39 is 36.4 Å². The summed E-state index contributed by atoms with van der Waals surface area (Å²) in [5, 5.41) is 2.56. The summed E-state index contributed by atoms with van der Waals surface area (Å²) in [6.45, 7) is -1.99. The van der Waals surface area contributed by atoms with Crippen LogP contribution >= 0.6 is 0 Å². The minimum Gasteiger partial charge on any atom is -0.493 e. The second-order valence-corrected chi connectivity index (χ2v) is 6.84. The molecule has 1 aliphatic rings. The summed E-state index contributed by atoms with van der Waals surface area (Å²) in [7, 11) is 2.88. The van der Waals surface area contributed by atoms with E-state index in [-0.39, 0.29) is 11.3 Å². The van der Waals surface area contributed by atoms with Gasteiger partial charge >= 0.3 is 12.6 Å². The third-order valence-corrected chi connectivity index (χ3v) is 4.94. The Kier molecular flexibility index (Phi) is 6.09. The summed E-state index contributed by atoms with van der Waals surface area (Å²) in [6.07, 6.45) is 0. The van der Waals surface area contributed by atoms with Crippen LogP contribution in [0.3, 0.4) is 0 Å². The van der Waals surface area contributed by atoms with E-state index in [9.17, 15) is 23.2 Å². The number of nitrogens with zero attached hydrogens (tertiary/aromatic N) is 1. The van der Waals surface area contributed by atoms with Gasteiger partial charge in [-0.25, -0.2) is 4.79 Å². The molecule has 10 heteroatoms. The smallest absolute Gasteiger partial charge is 0.387 e. The number of ether oxygens (including phenoxy) is 3. The first-order chi connectivity index (χ1) is 14.7. The van der Waals surface area contributed by atoms with Crippen LogP contribution in [0.2, 0.25) is 0 Å². The molecule has 1 unspecified atom stereocenters. The first-order valence-corrected chi connectivity index (χ1v) is 9.14. The van der Waals surface area contributed by atoms with Gasteiger partial charge in [0, 0.05) is 5.56 Å². The highest BCUT2D eigenvalue weighted by Gasteiger charge is 2.49. The van der Waals surface area contributed by atoms with E-state index >= 15 is 0 Å². The van der Waals surface area contributed by atoms with Crippen molar-refractivity contribution in [3.05, 3.63) is 53.6 Å². The van der Waals surface area contributed by atoms with E-state index in [2.05, 4.69) is 10.1 Å². The van der Waals surface area contributed by atoms with E-state index in [0.29, 0.717) is 17.1 Å². The van der Waals surface area contributed by atoms with Gasteiger partial charge in [0.25, 0.3) is 5.91 Å². The zero-order chi connectivity index (χ0) is 22.8. The monoisotopic (exact) mass is 434 g/mol. The summed E-state index contributed by atoms with van der Waals surface area (Å²) >= 11 is 0. The molecule has 0 saturated carbocycles. The third-order valence-electron chi connectivity index (χ3n) is 4.94. The molecule has 1 aliphatic heterocycles. The highest BCUT2D eigenvalue weighted by molar-refractivity contribution is 6.11. The number of imide groups is 1. The lowest BCUT2D eigenvalue weighted by molar-refractivity contribution is -0.130. The first kappa shape index (κ1) is 22.0. The van der Waals surface area contributed by atoms with E-state index in [1.54, 1.807) is 6.07 Å². The van der Waals surface area contributed by atoms with E-state index in [0.717, 1.165) is 4.90 Å². The van der Waals surface area contributed by atoms with Crippen molar-refractivity contribution in [2.24, 2.45) is 0 Å². The minimum absolute atomic E-state index is 0.0837. The van der Waals surface area contributed by atoms with Crippen molar-refractivity contribution in [1.82, 2.24) is 10.2 Å². The van der Waals surface area contributed by atoms with Crippen LogP contribution in [0.25, 0.3) is 0 Å². The van der Waals surface area contributed by atoms with Crippen molar-refractivity contribution in [2.45, 2.75) is 19.1 Å². The summed E-state index contributed by atoms with van der Waals surface area (Å²) in [4.78, 5) is 38.9. The van der Waals surface area contributed by atoms with Gasteiger partial charge in [0.05, 0.1) is 20.8 Å². The van der Waals surface area contributed by atoms with Gasteiger partial charge in [0.1, 0.15) is 11.3 Å². The van der Waals surface area contributed by atoms with Crippen molar-refractivity contribution < 1.29 is 37.4 Å². The van der Waals surface area contributed by atoms with Gasteiger partial charge in [-0.2, -0.15) is 8.78 Å². The molecule has 1 N–H and O–H groups in total. The number of alkyl halides is 2. The fraction of sp³-hybridized carbons (Fsp3) is 0.286. The maximum absolute atomic E-state index is 13.0. The Hall–Kier alpha value is -3.69. The Balaban J connectivity index is 1.79. The van der Waals surface area contributed by atoms with Crippen LogP contribution in [0.1, 0.15) is 22.8 Å². The molecule has 2 aromatic carbocycles. The Morgan fingerprint density at radius 2 is 1.71 bits per heavy atom. The minimum atomic E-state index is -2.98. The number of amides is 3. The number of nitrogens with one attached hydrogen (secondary N) is 1. The molecule has 31 heavy (non-hydrogen) atoms. The number of benzene rings is 2. The van der Waals surface area contributed by atoms with Gasteiger partial charge in [-0.3, -0.25) is 14.5 Å². The molecule has 0 bridgehead atoms. The highest BCUT2D eigenvalue weighted by Crippen LogP contribution is 2.31. The number of rotatable bonds is 8. The number of carbonyl (C=O) groups excluding carboxylic acids is 3. The molecule has 1 fully saturated rings. The molecule has 164 valence electrons. The lowest BCUT2D eigenvalue weighted by Gasteiger charge is -2.22. The lowest BCUT2D eigenvalue weighted by Crippen LogP contribution is -2.41. The molecule has 3 rings (SSSR count). The zero-order valence-corrected chi connectivity index (χ0v) is 17.0. The van der Waals surface area contributed by atoms with Crippen molar-refractivity contribution in [2.75, 3.05) is 20.8 Å². The van der Waals surface area contributed by atoms with Gasteiger partial charge in [-0.15, -0.1) is 0 Å². The maximum Gasteiger partial charge on any atom is 0.387 e. The van der Waals surface area contributed by atoms with Crippen molar-refractivity contribution in [3.63, 3.8) is 0 Å². The van der Waals surface area contributed by atoms with Crippen molar-refractivity contribution >= 4 is 17.7 Å². The molecule has 0 spiro atoms. The SMILES string of the molecule is COc1ccc(C(=O)CN2C(=O)NC(C)(c3ccc(OC(F)F)cc3)C2=O)cc1OC. The number of carbonyl (C=O) groups is 3. The molecule has 8 nitrogen and oxygen atoms in total. The summed E-state index contributed by atoms with van der Waals surface area (Å²) in [5.41, 5.74) is -0.868. The first-order valence-electron chi connectivity index (χ1n) is 9.14. The summed E-state index contributed by atoms with van der Waals surface area (Å²) < 4.78 is 39.2. The lowest BCUT2D eigenvalue weighted by atomic mass is 9.92. The highest BCUT2D eigenvalue weighted by atomic mass is 19.3. The van der Waals surface area contributed by atoms with E-state index in [1.807, 2.05) is 0 Å². The number of hydrogen-bond acceptors (Lipinski definition) is 6. The number of hydrogen-bond donors (Lipinski definition) is 1. The van der Waals surface area contributed by atoms with E-state index in [4.69, 9.17) is 9.47 Å². The maximum atomic E-state index is 13.0. The van der Waals surface area contributed by atoms with Gasteiger partial charge in [0.15, 0.2) is 17.3 Å². The van der Waals surface area contributed by atoms with Gasteiger partial charge in [-0.05, 0) is 42.8 Å².